The van der Waals surface area contributed by atoms with E-state index in [1.807, 2.05) is 42.5 Å². The molecule has 0 saturated carbocycles. The summed E-state index contributed by atoms with van der Waals surface area (Å²) in [5.41, 5.74) is 6.75. The van der Waals surface area contributed by atoms with Gasteiger partial charge < -0.3 is 15.4 Å². The van der Waals surface area contributed by atoms with Crippen molar-refractivity contribution < 1.29 is 9.53 Å². The molecule has 2 fully saturated rings. The highest BCUT2D eigenvalue weighted by atomic mass is 16.5. The Morgan fingerprint density at radius 3 is 2.42 bits per heavy atom. The molecular formula is C29H28N2O2. The summed E-state index contributed by atoms with van der Waals surface area (Å²) in [7, 11) is 0. The van der Waals surface area contributed by atoms with Crippen LogP contribution in [0.25, 0.3) is 5.57 Å². The lowest BCUT2D eigenvalue weighted by molar-refractivity contribution is 0.0951. The maximum atomic E-state index is 13.2. The van der Waals surface area contributed by atoms with Gasteiger partial charge in [-0.25, -0.2) is 0 Å². The first-order chi connectivity index (χ1) is 16.3. The zero-order valence-electron chi connectivity index (χ0n) is 18.6. The van der Waals surface area contributed by atoms with Crippen molar-refractivity contribution in [3.63, 3.8) is 0 Å². The average molecular weight is 437 g/mol. The van der Waals surface area contributed by atoms with E-state index < -0.39 is 0 Å². The van der Waals surface area contributed by atoms with Gasteiger partial charge in [-0.1, -0.05) is 66.2 Å². The fourth-order valence-electron chi connectivity index (χ4n) is 5.59. The number of piperidine rings is 1. The van der Waals surface area contributed by atoms with Gasteiger partial charge in [-0.15, -0.1) is 0 Å². The van der Waals surface area contributed by atoms with E-state index >= 15 is 0 Å². The van der Waals surface area contributed by atoms with Gasteiger partial charge in [-0.3, -0.25) is 4.79 Å². The van der Waals surface area contributed by atoms with Crippen LogP contribution in [0.2, 0.25) is 0 Å². The lowest BCUT2D eigenvalue weighted by atomic mass is 9.84. The third kappa shape index (κ3) is 3.85. The molecule has 2 N–H and O–H groups in total. The van der Waals surface area contributed by atoms with E-state index in [-0.39, 0.29) is 5.91 Å². The van der Waals surface area contributed by atoms with Gasteiger partial charge in [0.1, 0.15) is 11.5 Å². The van der Waals surface area contributed by atoms with E-state index in [0.717, 1.165) is 36.1 Å². The van der Waals surface area contributed by atoms with Crippen LogP contribution >= 0.6 is 0 Å². The van der Waals surface area contributed by atoms with Crippen molar-refractivity contribution >= 4 is 11.5 Å². The minimum Gasteiger partial charge on any atom is -0.455 e. The number of hydrogen-bond donors (Lipinski definition) is 2. The van der Waals surface area contributed by atoms with Gasteiger partial charge in [0.15, 0.2) is 0 Å². The summed E-state index contributed by atoms with van der Waals surface area (Å²) in [5.74, 6) is 1.43. The van der Waals surface area contributed by atoms with Crippen LogP contribution in [0.1, 0.15) is 52.7 Å². The van der Waals surface area contributed by atoms with Gasteiger partial charge in [-0.2, -0.15) is 0 Å². The number of rotatable bonds is 4. The number of ether oxygens (including phenoxy) is 1. The maximum absolute atomic E-state index is 13.2. The summed E-state index contributed by atoms with van der Waals surface area (Å²) in [6.07, 6.45) is 5.42. The first kappa shape index (κ1) is 20.3. The van der Waals surface area contributed by atoms with Crippen LogP contribution in [-0.4, -0.2) is 24.5 Å². The first-order valence-electron chi connectivity index (χ1n) is 12.0. The van der Waals surface area contributed by atoms with E-state index in [1.54, 1.807) is 0 Å². The fraction of sp³-hybridized carbons (Fsp3) is 0.276. The molecule has 2 atom stereocenters. The highest BCUT2D eigenvalue weighted by molar-refractivity contribution is 6.01. The van der Waals surface area contributed by atoms with Gasteiger partial charge in [0, 0.05) is 29.8 Å². The fourth-order valence-corrected chi connectivity index (χ4v) is 5.59. The van der Waals surface area contributed by atoms with Crippen molar-refractivity contribution in [2.24, 2.45) is 0 Å². The minimum absolute atomic E-state index is 0.0862. The Hall–Kier alpha value is -3.37. The summed E-state index contributed by atoms with van der Waals surface area (Å²) < 4.78 is 6.37. The van der Waals surface area contributed by atoms with E-state index in [2.05, 4.69) is 41.0 Å². The molecule has 0 aliphatic carbocycles. The number of para-hydroxylation sites is 2. The van der Waals surface area contributed by atoms with Crippen LogP contribution in [-0.2, 0) is 6.42 Å². The number of benzene rings is 3. The van der Waals surface area contributed by atoms with Gasteiger partial charge in [0.25, 0.3) is 5.91 Å². The molecule has 0 aromatic heterocycles. The molecule has 4 nitrogen and oxygen atoms in total. The highest BCUT2D eigenvalue weighted by Gasteiger charge is 2.35. The van der Waals surface area contributed by atoms with Crippen LogP contribution in [0.4, 0.5) is 0 Å². The van der Waals surface area contributed by atoms with E-state index in [1.165, 1.54) is 29.6 Å². The Bertz CT molecular complexity index is 1220. The molecule has 4 heteroatoms. The molecule has 166 valence electrons. The summed E-state index contributed by atoms with van der Waals surface area (Å²) in [6, 6.07) is 25.6. The van der Waals surface area contributed by atoms with E-state index in [0.29, 0.717) is 29.9 Å². The van der Waals surface area contributed by atoms with Crippen LogP contribution in [0, 0.1) is 0 Å². The van der Waals surface area contributed by atoms with Gasteiger partial charge in [0.05, 0.1) is 5.56 Å². The molecule has 3 aromatic carbocycles. The predicted molar refractivity (Wildman–Crippen MR) is 131 cm³/mol. The van der Waals surface area contributed by atoms with Crippen molar-refractivity contribution in [3.8, 4) is 11.5 Å². The molecule has 2 saturated heterocycles. The summed E-state index contributed by atoms with van der Waals surface area (Å²) >= 11 is 0. The van der Waals surface area contributed by atoms with Crippen molar-refractivity contribution in [1.29, 1.82) is 0 Å². The second kappa shape index (κ2) is 8.53. The molecule has 6 rings (SSSR count). The van der Waals surface area contributed by atoms with Crippen LogP contribution < -0.4 is 15.4 Å². The van der Waals surface area contributed by atoms with E-state index in [9.17, 15) is 4.79 Å². The predicted octanol–water partition coefficient (Wildman–Crippen LogP) is 5.48. The number of nitrogens with one attached hydrogen (secondary N) is 2. The number of hydrogen-bond acceptors (Lipinski definition) is 3. The number of carbonyl (C=O) groups excluding carboxylic acids is 1. The van der Waals surface area contributed by atoms with Gasteiger partial charge >= 0.3 is 0 Å². The normalized spacial score (nSPS) is 20.6. The molecular weight excluding hydrogens is 408 g/mol. The lowest BCUT2D eigenvalue weighted by Gasteiger charge is -2.31. The average Bonchev–Trinajstić information content (AvgIpc) is 3.20. The zero-order chi connectivity index (χ0) is 22.2. The zero-order valence-corrected chi connectivity index (χ0v) is 18.6. The Morgan fingerprint density at radius 2 is 1.61 bits per heavy atom. The molecule has 3 aliphatic rings. The number of carbonyl (C=O) groups is 1. The largest absolute Gasteiger partial charge is 0.455 e. The SMILES string of the molecule is O=C(NCCc1ccccc1)c1cccc2c1Oc1ccccc1C2=C1CC2CCC(C1)N2. The molecule has 0 radical (unpaired) electrons. The monoisotopic (exact) mass is 436 g/mol. The van der Waals surface area contributed by atoms with Crippen LogP contribution in [0.5, 0.6) is 11.5 Å². The van der Waals surface area contributed by atoms with Crippen LogP contribution in [0.15, 0.2) is 78.4 Å². The van der Waals surface area contributed by atoms with E-state index in [4.69, 9.17) is 4.74 Å². The van der Waals surface area contributed by atoms with Gasteiger partial charge in [0.2, 0.25) is 0 Å². The Morgan fingerprint density at radius 1 is 0.879 bits per heavy atom. The Labute approximate surface area is 194 Å². The quantitative estimate of drug-likeness (QED) is 0.445. The molecule has 3 aliphatic heterocycles. The summed E-state index contributed by atoms with van der Waals surface area (Å²) in [5, 5.41) is 6.84. The van der Waals surface area contributed by atoms with Crippen LogP contribution in [0.3, 0.4) is 0 Å². The number of amides is 1. The number of fused-ring (bicyclic) bond motifs is 4. The topological polar surface area (TPSA) is 50.4 Å². The third-order valence-corrected chi connectivity index (χ3v) is 7.11. The summed E-state index contributed by atoms with van der Waals surface area (Å²) in [6.45, 7) is 0.589. The Kier molecular flexibility index (Phi) is 5.23. The third-order valence-electron chi connectivity index (χ3n) is 7.11. The van der Waals surface area contributed by atoms with Crippen molar-refractivity contribution in [2.45, 2.75) is 44.2 Å². The molecule has 0 spiro atoms. The first-order valence-corrected chi connectivity index (χ1v) is 12.0. The molecule has 3 heterocycles. The summed E-state index contributed by atoms with van der Waals surface area (Å²) in [4.78, 5) is 13.2. The van der Waals surface area contributed by atoms with Gasteiger partial charge in [-0.05, 0) is 55.4 Å². The van der Waals surface area contributed by atoms with Crippen molar-refractivity contribution in [3.05, 3.63) is 101 Å². The molecule has 2 bridgehead atoms. The molecule has 3 aromatic rings. The maximum Gasteiger partial charge on any atom is 0.255 e. The molecule has 2 unspecified atom stereocenters. The smallest absolute Gasteiger partial charge is 0.255 e. The molecule has 33 heavy (non-hydrogen) atoms. The minimum atomic E-state index is -0.0862. The lowest BCUT2D eigenvalue weighted by Crippen LogP contribution is -2.35. The molecule has 1 amide bonds. The second-order valence-electron chi connectivity index (χ2n) is 9.30. The standard InChI is InChI=1S/C29H28N2O2/c32-29(30-16-15-19-7-2-1-3-8-19)25-11-6-10-24-27(20-17-21-13-14-22(18-20)31-21)23-9-4-5-12-26(23)33-28(24)25/h1-12,21-22,31H,13-18H2,(H,30,32). The van der Waals surface area contributed by atoms with Crippen molar-refractivity contribution in [1.82, 2.24) is 10.6 Å². The second-order valence-corrected chi connectivity index (χ2v) is 9.30. The van der Waals surface area contributed by atoms with Crippen molar-refractivity contribution in [2.75, 3.05) is 6.54 Å². The highest BCUT2D eigenvalue weighted by Crippen LogP contribution is 2.49. The Balaban J connectivity index is 1.34.